The topological polar surface area (TPSA) is 78.1 Å². The van der Waals surface area contributed by atoms with Gasteiger partial charge in [-0.25, -0.2) is 0 Å². The van der Waals surface area contributed by atoms with Crippen LogP contribution in [-0.4, -0.2) is 34.2 Å². The number of rotatable bonds is 6. The van der Waals surface area contributed by atoms with Crippen molar-refractivity contribution in [2.45, 2.75) is 24.8 Å². The van der Waals surface area contributed by atoms with Gasteiger partial charge in [0.05, 0.1) is 45.9 Å². The van der Waals surface area contributed by atoms with Crippen LogP contribution in [0.15, 0.2) is 70.3 Å². The number of nitrogens with one attached hydrogen (secondary N) is 2. The zero-order chi connectivity index (χ0) is 26.1. The van der Waals surface area contributed by atoms with Crippen molar-refractivity contribution in [1.29, 1.82) is 0 Å². The average Bonchev–Trinajstić information content (AvgIpc) is 3.09. The van der Waals surface area contributed by atoms with E-state index >= 15 is 0 Å². The Kier molecular flexibility index (Phi) is 7.02. The van der Waals surface area contributed by atoms with Gasteiger partial charge in [-0.1, -0.05) is 28.1 Å². The minimum absolute atomic E-state index is 0.0654. The Hall–Kier alpha value is -3.65. The molecule has 5 rings (SSSR count). The van der Waals surface area contributed by atoms with Gasteiger partial charge in [0, 0.05) is 33.6 Å². The van der Waals surface area contributed by atoms with E-state index in [0.717, 1.165) is 44.2 Å². The fourth-order valence-corrected chi connectivity index (χ4v) is 5.75. The SMILES string of the molecule is COc1ccc(OC)c(C2CC(=O)C3=C(C2)Nc2ccccc2NC3c2cc(OC)c(OC)cc2Br)c1. The molecular weight excluding hydrogens is 536 g/mol. The molecule has 3 aromatic rings. The van der Waals surface area contributed by atoms with Crippen molar-refractivity contribution in [3.63, 3.8) is 0 Å². The van der Waals surface area contributed by atoms with Crippen LogP contribution in [0.5, 0.6) is 23.0 Å². The molecule has 192 valence electrons. The minimum atomic E-state index is -0.402. The first-order valence-electron chi connectivity index (χ1n) is 12.0. The molecule has 2 atom stereocenters. The van der Waals surface area contributed by atoms with E-state index < -0.39 is 6.04 Å². The van der Waals surface area contributed by atoms with Gasteiger partial charge in [0.15, 0.2) is 17.3 Å². The maximum Gasteiger partial charge on any atom is 0.163 e. The molecule has 0 bridgehead atoms. The van der Waals surface area contributed by atoms with Gasteiger partial charge >= 0.3 is 0 Å². The Bertz CT molecular complexity index is 1390. The third-order valence-electron chi connectivity index (χ3n) is 7.00. The van der Waals surface area contributed by atoms with Crippen LogP contribution in [0.2, 0.25) is 0 Å². The highest BCUT2D eigenvalue weighted by atomic mass is 79.9. The van der Waals surface area contributed by atoms with Gasteiger partial charge in [0.25, 0.3) is 0 Å². The lowest BCUT2D eigenvalue weighted by Gasteiger charge is -2.31. The summed E-state index contributed by atoms with van der Waals surface area (Å²) < 4.78 is 23.0. The van der Waals surface area contributed by atoms with Gasteiger partial charge in [-0.3, -0.25) is 4.79 Å². The van der Waals surface area contributed by atoms with Gasteiger partial charge in [0.1, 0.15) is 11.5 Å². The molecule has 2 N–H and O–H groups in total. The van der Waals surface area contributed by atoms with Crippen molar-refractivity contribution in [2.75, 3.05) is 39.1 Å². The number of para-hydroxylation sites is 2. The number of ketones is 1. The molecule has 0 saturated heterocycles. The van der Waals surface area contributed by atoms with Crippen LogP contribution in [0.1, 0.15) is 35.9 Å². The smallest absolute Gasteiger partial charge is 0.163 e. The molecule has 0 amide bonds. The van der Waals surface area contributed by atoms with E-state index in [-0.39, 0.29) is 11.7 Å². The molecule has 1 heterocycles. The van der Waals surface area contributed by atoms with E-state index in [4.69, 9.17) is 18.9 Å². The molecule has 2 unspecified atom stereocenters. The van der Waals surface area contributed by atoms with Gasteiger partial charge in [-0.05, 0) is 54.4 Å². The lowest BCUT2D eigenvalue weighted by Crippen LogP contribution is -2.27. The van der Waals surface area contributed by atoms with Crippen LogP contribution in [0.3, 0.4) is 0 Å². The van der Waals surface area contributed by atoms with Crippen LogP contribution in [-0.2, 0) is 4.79 Å². The van der Waals surface area contributed by atoms with Crippen molar-refractivity contribution in [3.8, 4) is 23.0 Å². The lowest BCUT2D eigenvalue weighted by molar-refractivity contribution is -0.116. The third kappa shape index (κ3) is 4.62. The second-order valence-electron chi connectivity index (χ2n) is 9.01. The van der Waals surface area contributed by atoms with Crippen molar-refractivity contribution >= 4 is 33.1 Å². The number of carbonyl (C=O) groups excluding carboxylic acids is 1. The maximum absolute atomic E-state index is 14.0. The molecule has 7 nitrogen and oxygen atoms in total. The van der Waals surface area contributed by atoms with Crippen LogP contribution in [0.4, 0.5) is 11.4 Å². The molecule has 0 saturated carbocycles. The number of ether oxygens (including phenoxy) is 4. The maximum atomic E-state index is 14.0. The number of fused-ring (bicyclic) bond motifs is 1. The van der Waals surface area contributed by atoms with E-state index in [1.165, 1.54) is 0 Å². The summed E-state index contributed by atoms with van der Waals surface area (Å²) in [6, 6.07) is 17.1. The van der Waals surface area contributed by atoms with E-state index in [1.807, 2.05) is 54.6 Å². The highest BCUT2D eigenvalue weighted by Gasteiger charge is 2.38. The van der Waals surface area contributed by atoms with Gasteiger partial charge in [0.2, 0.25) is 0 Å². The molecule has 3 aromatic carbocycles. The van der Waals surface area contributed by atoms with Crippen molar-refractivity contribution < 1.29 is 23.7 Å². The average molecular weight is 565 g/mol. The van der Waals surface area contributed by atoms with Crippen molar-refractivity contribution in [3.05, 3.63) is 81.5 Å². The fourth-order valence-electron chi connectivity index (χ4n) is 5.20. The van der Waals surface area contributed by atoms with E-state index in [1.54, 1.807) is 28.4 Å². The first-order valence-corrected chi connectivity index (χ1v) is 12.8. The number of carbonyl (C=O) groups is 1. The second-order valence-corrected chi connectivity index (χ2v) is 9.86. The van der Waals surface area contributed by atoms with E-state index in [0.29, 0.717) is 29.9 Å². The second kappa shape index (κ2) is 10.4. The first-order chi connectivity index (χ1) is 18.0. The van der Waals surface area contributed by atoms with E-state index in [2.05, 4.69) is 26.6 Å². The van der Waals surface area contributed by atoms with Gasteiger partial charge < -0.3 is 29.6 Å². The number of methoxy groups -OCH3 is 4. The molecule has 0 fully saturated rings. The molecule has 0 radical (unpaired) electrons. The van der Waals surface area contributed by atoms with Crippen molar-refractivity contribution in [2.24, 2.45) is 0 Å². The van der Waals surface area contributed by atoms with Crippen LogP contribution in [0.25, 0.3) is 0 Å². The number of allylic oxidation sites excluding steroid dienone is 1. The van der Waals surface area contributed by atoms with Crippen molar-refractivity contribution in [1.82, 2.24) is 0 Å². The number of Topliss-reactive ketones (excluding diaryl/α,β-unsaturated/α-hetero) is 1. The normalized spacial score (nSPS) is 18.6. The molecule has 37 heavy (non-hydrogen) atoms. The lowest BCUT2D eigenvalue weighted by atomic mass is 9.78. The van der Waals surface area contributed by atoms with Crippen LogP contribution < -0.4 is 29.6 Å². The Morgan fingerprint density at radius 1 is 0.784 bits per heavy atom. The molecular formula is C29H29BrN2O5. The molecule has 1 aliphatic carbocycles. The molecule has 0 spiro atoms. The fraction of sp³-hybridized carbons (Fsp3) is 0.276. The van der Waals surface area contributed by atoms with Crippen LogP contribution in [0, 0.1) is 0 Å². The summed E-state index contributed by atoms with van der Waals surface area (Å²) in [5, 5.41) is 7.20. The predicted octanol–water partition coefficient (Wildman–Crippen LogP) is 6.46. The Balaban J connectivity index is 1.65. The Morgan fingerprint density at radius 3 is 2.19 bits per heavy atom. The largest absolute Gasteiger partial charge is 0.497 e. The third-order valence-corrected chi connectivity index (χ3v) is 7.69. The predicted molar refractivity (Wildman–Crippen MR) is 147 cm³/mol. The quantitative estimate of drug-likeness (QED) is 0.355. The summed E-state index contributed by atoms with van der Waals surface area (Å²) >= 11 is 3.71. The van der Waals surface area contributed by atoms with Crippen LogP contribution >= 0.6 is 15.9 Å². The Labute approximate surface area is 224 Å². The molecule has 1 aliphatic heterocycles. The molecule has 2 aliphatic rings. The number of hydrogen-bond acceptors (Lipinski definition) is 7. The van der Waals surface area contributed by atoms with Gasteiger partial charge in [-0.2, -0.15) is 0 Å². The Morgan fingerprint density at radius 2 is 1.49 bits per heavy atom. The standard InChI is InChI=1S/C29H29BrN2O5/c1-34-17-9-10-25(35-2)18(13-17)16-11-23-28(24(33)12-16)29(32-22-8-6-5-7-21(22)31-23)19-14-26(36-3)27(37-4)15-20(19)30/h5-10,13-16,29,31-32H,11-12H2,1-4H3. The minimum Gasteiger partial charge on any atom is -0.497 e. The summed E-state index contributed by atoms with van der Waals surface area (Å²) in [6.07, 6.45) is 0.992. The number of anilines is 2. The summed E-state index contributed by atoms with van der Waals surface area (Å²) in [4.78, 5) is 14.0. The summed E-state index contributed by atoms with van der Waals surface area (Å²) in [5.74, 6) is 2.68. The molecule has 8 heteroatoms. The summed E-state index contributed by atoms with van der Waals surface area (Å²) in [6.45, 7) is 0. The summed E-state index contributed by atoms with van der Waals surface area (Å²) in [5.41, 5.74) is 5.26. The number of halogens is 1. The zero-order valence-electron chi connectivity index (χ0n) is 21.2. The number of benzene rings is 3. The highest BCUT2D eigenvalue weighted by Crippen LogP contribution is 2.48. The zero-order valence-corrected chi connectivity index (χ0v) is 22.8. The summed E-state index contributed by atoms with van der Waals surface area (Å²) in [7, 11) is 6.50. The van der Waals surface area contributed by atoms with E-state index in [9.17, 15) is 4.79 Å². The first kappa shape index (κ1) is 25.0. The van der Waals surface area contributed by atoms with Gasteiger partial charge in [-0.15, -0.1) is 0 Å². The number of hydrogen-bond donors (Lipinski definition) is 2. The highest BCUT2D eigenvalue weighted by molar-refractivity contribution is 9.10. The molecule has 0 aromatic heterocycles. The monoisotopic (exact) mass is 564 g/mol.